The third-order valence-electron chi connectivity index (χ3n) is 5.79. The molecule has 1 aliphatic heterocycles. The van der Waals surface area contributed by atoms with E-state index in [-0.39, 0.29) is 42.9 Å². The molecular weight excluding hydrogens is 425 g/mol. The number of rotatable bonds is 8. The molecule has 4 rings (SSSR count). The normalized spacial score (nSPS) is 20.7. The number of benzene rings is 2. The molecule has 0 bridgehead atoms. The summed E-state index contributed by atoms with van der Waals surface area (Å²) in [5.41, 5.74) is 2.58. The van der Waals surface area contributed by atoms with Gasteiger partial charge in [0.2, 0.25) is 5.91 Å². The van der Waals surface area contributed by atoms with Crippen LogP contribution >= 0.6 is 0 Å². The van der Waals surface area contributed by atoms with Crippen LogP contribution in [0.1, 0.15) is 30.4 Å². The maximum atomic E-state index is 13.2. The Morgan fingerprint density at radius 1 is 1.12 bits per heavy atom. The van der Waals surface area contributed by atoms with E-state index in [1.807, 2.05) is 30.3 Å². The molecule has 8 heteroatoms. The number of alkyl carbamates (subject to hydrolysis) is 1. The molecule has 3 N–H and O–H groups in total. The van der Waals surface area contributed by atoms with Crippen molar-refractivity contribution >= 4 is 12.0 Å². The Morgan fingerprint density at radius 2 is 1.91 bits per heavy atom. The van der Waals surface area contributed by atoms with Crippen LogP contribution in [0.25, 0.3) is 0 Å². The molecule has 3 atom stereocenters. The fraction of sp³-hybridized carbons (Fsp3) is 0.360. The Hall–Kier alpha value is -3.39. The smallest absolute Gasteiger partial charge is 0.407 e. The highest BCUT2D eigenvalue weighted by Gasteiger charge is 2.43. The van der Waals surface area contributed by atoms with Gasteiger partial charge in [0, 0.05) is 36.7 Å². The molecule has 1 heterocycles. The largest absolute Gasteiger partial charge is 0.489 e. The van der Waals surface area contributed by atoms with Crippen LogP contribution in [0.4, 0.5) is 9.18 Å². The summed E-state index contributed by atoms with van der Waals surface area (Å²) in [6.45, 7) is 3.12. The van der Waals surface area contributed by atoms with Gasteiger partial charge in [-0.25, -0.2) is 9.18 Å². The summed E-state index contributed by atoms with van der Waals surface area (Å²) in [4.78, 5) is 24.5. The van der Waals surface area contributed by atoms with Gasteiger partial charge in [0.1, 0.15) is 24.3 Å². The summed E-state index contributed by atoms with van der Waals surface area (Å²) >= 11 is 0. The van der Waals surface area contributed by atoms with Crippen molar-refractivity contribution in [1.29, 1.82) is 0 Å². The van der Waals surface area contributed by atoms with E-state index in [1.165, 1.54) is 12.1 Å². The number of para-hydroxylation sites is 1. The minimum atomic E-state index is -0.508. The van der Waals surface area contributed by atoms with E-state index in [1.54, 1.807) is 19.1 Å². The summed E-state index contributed by atoms with van der Waals surface area (Å²) in [5, 5.41) is 8.84. The molecule has 1 aliphatic carbocycles. The van der Waals surface area contributed by atoms with Gasteiger partial charge < -0.3 is 25.4 Å². The van der Waals surface area contributed by atoms with Crippen molar-refractivity contribution in [2.45, 2.75) is 38.0 Å². The van der Waals surface area contributed by atoms with Crippen molar-refractivity contribution in [2.75, 3.05) is 19.7 Å². The Morgan fingerprint density at radius 3 is 2.70 bits per heavy atom. The molecule has 33 heavy (non-hydrogen) atoms. The zero-order valence-corrected chi connectivity index (χ0v) is 18.5. The number of ether oxygens (including phenoxy) is 2. The lowest BCUT2D eigenvalue weighted by Gasteiger charge is -2.31. The number of fused-ring (bicyclic) bond motifs is 3. The number of carbonyl (C=O) groups excluding carboxylic acids is 2. The van der Waals surface area contributed by atoms with Crippen molar-refractivity contribution in [2.24, 2.45) is 0 Å². The minimum Gasteiger partial charge on any atom is -0.489 e. The predicted molar refractivity (Wildman–Crippen MR) is 121 cm³/mol. The van der Waals surface area contributed by atoms with Crippen LogP contribution in [0.2, 0.25) is 0 Å². The second-order valence-corrected chi connectivity index (χ2v) is 8.07. The molecule has 0 saturated carbocycles. The van der Waals surface area contributed by atoms with E-state index in [0.29, 0.717) is 25.1 Å². The molecule has 174 valence electrons. The zero-order chi connectivity index (χ0) is 23.2. The first-order valence-electron chi connectivity index (χ1n) is 11.2. The molecule has 0 radical (unpaired) electrons. The fourth-order valence-electron chi connectivity index (χ4n) is 4.28. The lowest BCUT2D eigenvalue weighted by atomic mass is 9.79. The summed E-state index contributed by atoms with van der Waals surface area (Å²) in [6.07, 6.45) is 1.99. The van der Waals surface area contributed by atoms with E-state index in [4.69, 9.17) is 9.47 Å². The van der Waals surface area contributed by atoms with Crippen LogP contribution in [-0.2, 0) is 16.1 Å². The molecular formula is C25H28FN3O4. The van der Waals surface area contributed by atoms with Gasteiger partial charge in [0.25, 0.3) is 0 Å². The average Bonchev–Trinajstić information content (AvgIpc) is 3.19. The lowest BCUT2D eigenvalue weighted by Crippen LogP contribution is -2.42. The molecule has 3 unspecified atom stereocenters. The van der Waals surface area contributed by atoms with Gasteiger partial charge in [-0.3, -0.25) is 4.79 Å². The molecule has 0 saturated heterocycles. The lowest BCUT2D eigenvalue weighted by molar-refractivity contribution is -0.118. The highest BCUT2D eigenvalue weighted by Crippen LogP contribution is 2.46. The van der Waals surface area contributed by atoms with E-state index < -0.39 is 6.09 Å². The number of amides is 2. The molecule has 0 fully saturated rings. The van der Waals surface area contributed by atoms with Crippen molar-refractivity contribution in [3.8, 4) is 5.75 Å². The molecule has 0 aromatic heterocycles. The Bertz CT molecular complexity index is 1020. The van der Waals surface area contributed by atoms with Crippen molar-refractivity contribution in [3.05, 3.63) is 77.1 Å². The standard InChI is InChI=1S/C25H28FN3O4/c1-2-27-25(31)32-12-11-28-24(30)20-13-18(29-15-16-7-9-17(26)10-8-16)14-22-23(20)19-5-3-4-6-21(19)33-22/h3-10,13,18,22-23,29H,2,11-12,14-15H2,1H3,(H,27,31)(H,28,30). The average molecular weight is 454 g/mol. The predicted octanol–water partition coefficient (Wildman–Crippen LogP) is 3.02. The van der Waals surface area contributed by atoms with Crippen LogP contribution < -0.4 is 20.7 Å². The fourth-order valence-corrected chi connectivity index (χ4v) is 4.28. The maximum Gasteiger partial charge on any atom is 0.407 e. The van der Waals surface area contributed by atoms with Crippen LogP contribution in [0, 0.1) is 5.82 Å². The number of hydrogen-bond acceptors (Lipinski definition) is 5. The van der Waals surface area contributed by atoms with Crippen LogP contribution in [0.5, 0.6) is 5.75 Å². The van der Waals surface area contributed by atoms with Crippen molar-refractivity contribution < 1.29 is 23.5 Å². The Labute approximate surface area is 192 Å². The summed E-state index contributed by atoms with van der Waals surface area (Å²) in [6, 6.07) is 14.0. The van der Waals surface area contributed by atoms with Crippen molar-refractivity contribution in [1.82, 2.24) is 16.0 Å². The molecule has 2 aromatic carbocycles. The van der Waals surface area contributed by atoms with Gasteiger partial charge in [-0.2, -0.15) is 0 Å². The number of nitrogens with one attached hydrogen (secondary N) is 3. The van der Waals surface area contributed by atoms with Crippen LogP contribution in [0.3, 0.4) is 0 Å². The highest BCUT2D eigenvalue weighted by molar-refractivity contribution is 5.96. The van der Waals surface area contributed by atoms with E-state index in [9.17, 15) is 14.0 Å². The second kappa shape index (κ2) is 10.5. The van der Waals surface area contributed by atoms with Crippen LogP contribution in [0.15, 0.2) is 60.2 Å². The maximum absolute atomic E-state index is 13.2. The topological polar surface area (TPSA) is 88.7 Å². The molecule has 2 aliphatic rings. The summed E-state index contributed by atoms with van der Waals surface area (Å²) in [5.74, 6) is 0.156. The van der Waals surface area contributed by atoms with Gasteiger partial charge >= 0.3 is 6.09 Å². The van der Waals surface area contributed by atoms with Crippen LogP contribution in [-0.4, -0.2) is 43.8 Å². The summed E-state index contributed by atoms with van der Waals surface area (Å²) < 4.78 is 24.4. The van der Waals surface area contributed by atoms with Gasteiger partial charge in [-0.15, -0.1) is 0 Å². The van der Waals surface area contributed by atoms with Gasteiger partial charge in [0.15, 0.2) is 0 Å². The SMILES string of the molecule is CCNC(=O)OCCNC(=O)C1=CC(NCc2ccc(F)cc2)CC2Oc3ccccc3C12. The van der Waals surface area contributed by atoms with E-state index in [0.717, 1.165) is 16.9 Å². The first-order chi connectivity index (χ1) is 16.0. The number of halogens is 1. The van der Waals surface area contributed by atoms with Gasteiger partial charge in [-0.1, -0.05) is 36.4 Å². The Balaban J connectivity index is 1.45. The third kappa shape index (κ3) is 5.51. The molecule has 2 amide bonds. The Kier molecular flexibility index (Phi) is 7.24. The van der Waals surface area contributed by atoms with Crippen molar-refractivity contribution in [3.63, 3.8) is 0 Å². The van der Waals surface area contributed by atoms with Gasteiger partial charge in [0.05, 0.1) is 12.5 Å². The summed E-state index contributed by atoms with van der Waals surface area (Å²) in [7, 11) is 0. The third-order valence-corrected chi connectivity index (χ3v) is 5.79. The van der Waals surface area contributed by atoms with Gasteiger partial charge in [-0.05, 0) is 30.7 Å². The highest BCUT2D eigenvalue weighted by atomic mass is 19.1. The first kappa shape index (κ1) is 22.8. The number of carbonyl (C=O) groups is 2. The number of hydrogen-bond donors (Lipinski definition) is 3. The van der Waals surface area contributed by atoms with E-state index >= 15 is 0 Å². The molecule has 0 spiro atoms. The quantitative estimate of drug-likeness (QED) is 0.535. The second-order valence-electron chi connectivity index (χ2n) is 8.07. The minimum absolute atomic E-state index is 0.0816. The first-order valence-corrected chi connectivity index (χ1v) is 11.2. The molecule has 2 aromatic rings. The monoisotopic (exact) mass is 453 g/mol. The molecule has 7 nitrogen and oxygen atoms in total. The van der Waals surface area contributed by atoms with E-state index in [2.05, 4.69) is 16.0 Å². The zero-order valence-electron chi connectivity index (χ0n) is 18.5.